The zero-order chi connectivity index (χ0) is 14.1. The molecule has 1 aromatic heterocycles. The Balaban J connectivity index is 2.09. The molecule has 0 saturated carbocycles. The second kappa shape index (κ2) is 4.81. The minimum absolute atomic E-state index is 0.292. The van der Waals surface area contributed by atoms with Crippen molar-refractivity contribution in [1.29, 1.82) is 0 Å². The van der Waals surface area contributed by atoms with Gasteiger partial charge in [0, 0.05) is 28.4 Å². The zero-order valence-electron chi connectivity index (χ0n) is 10.9. The van der Waals surface area contributed by atoms with Gasteiger partial charge in [-0.3, -0.25) is 4.98 Å². The first-order chi connectivity index (χ1) is 9.63. The number of pyridine rings is 1. The average Bonchev–Trinajstić information content (AvgIpc) is 2.44. The third-order valence-corrected chi connectivity index (χ3v) is 3.07. The Morgan fingerprint density at radius 2 is 1.80 bits per heavy atom. The third kappa shape index (κ3) is 2.28. The highest BCUT2D eigenvalue weighted by atomic mass is 19.1. The molecule has 0 amide bonds. The third-order valence-electron chi connectivity index (χ3n) is 3.07. The van der Waals surface area contributed by atoms with Gasteiger partial charge >= 0.3 is 0 Å². The molecule has 3 rings (SSSR count). The van der Waals surface area contributed by atoms with Crippen LogP contribution in [0.3, 0.4) is 0 Å². The van der Waals surface area contributed by atoms with Gasteiger partial charge in [-0.2, -0.15) is 0 Å². The van der Waals surface area contributed by atoms with E-state index in [-0.39, 0.29) is 5.82 Å². The number of anilines is 1. The van der Waals surface area contributed by atoms with Gasteiger partial charge in [0.1, 0.15) is 17.3 Å². The molecular weight excluding hydrogens is 255 g/mol. The van der Waals surface area contributed by atoms with Crippen molar-refractivity contribution in [3.8, 4) is 11.5 Å². The van der Waals surface area contributed by atoms with Crippen molar-refractivity contribution in [2.75, 3.05) is 5.73 Å². The minimum Gasteiger partial charge on any atom is -0.457 e. The number of nitrogen functional groups attached to an aromatic ring is 1. The summed E-state index contributed by atoms with van der Waals surface area (Å²) in [7, 11) is 0. The van der Waals surface area contributed by atoms with Crippen LogP contribution in [-0.4, -0.2) is 4.98 Å². The van der Waals surface area contributed by atoms with Crippen LogP contribution < -0.4 is 10.5 Å². The number of hydrogen-bond acceptors (Lipinski definition) is 3. The molecule has 4 heteroatoms. The van der Waals surface area contributed by atoms with E-state index in [2.05, 4.69) is 4.98 Å². The maximum atomic E-state index is 12.9. The van der Waals surface area contributed by atoms with E-state index in [4.69, 9.17) is 10.5 Å². The van der Waals surface area contributed by atoms with Crippen molar-refractivity contribution in [1.82, 2.24) is 4.98 Å². The van der Waals surface area contributed by atoms with Crippen LogP contribution in [0.4, 0.5) is 10.1 Å². The summed E-state index contributed by atoms with van der Waals surface area (Å²) in [4.78, 5) is 4.24. The fourth-order valence-electron chi connectivity index (χ4n) is 2.06. The normalized spacial score (nSPS) is 10.7. The maximum absolute atomic E-state index is 12.9. The molecule has 1 heterocycles. The lowest BCUT2D eigenvalue weighted by atomic mass is 10.1. The van der Waals surface area contributed by atoms with Gasteiger partial charge in [-0.15, -0.1) is 0 Å². The summed E-state index contributed by atoms with van der Waals surface area (Å²) < 4.78 is 18.7. The average molecular weight is 268 g/mol. The van der Waals surface area contributed by atoms with Gasteiger partial charge in [-0.25, -0.2) is 4.39 Å². The highest BCUT2D eigenvalue weighted by Crippen LogP contribution is 2.33. The Morgan fingerprint density at radius 3 is 2.55 bits per heavy atom. The molecule has 0 aliphatic heterocycles. The van der Waals surface area contributed by atoms with E-state index in [0.29, 0.717) is 17.2 Å². The molecule has 3 nitrogen and oxygen atoms in total. The molecule has 3 aromatic rings. The predicted molar refractivity (Wildman–Crippen MR) is 77.4 cm³/mol. The van der Waals surface area contributed by atoms with E-state index in [9.17, 15) is 4.39 Å². The predicted octanol–water partition coefficient (Wildman–Crippen LogP) is 4.06. The monoisotopic (exact) mass is 268 g/mol. The van der Waals surface area contributed by atoms with Gasteiger partial charge in [0.15, 0.2) is 0 Å². The van der Waals surface area contributed by atoms with Gasteiger partial charge in [-0.05, 0) is 49.4 Å². The molecule has 100 valence electrons. The number of aromatic nitrogens is 1. The highest BCUT2D eigenvalue weighted by Gasteiger charge is 2.07. The van der Waals surface area contributed by atoms with E-state index < -0.39 is 0 Å². The Kier molecular flexibility index (Phi) is 2.99. The van der Waals surface area contributed by atoms with Crippen molar-refractivity contribution < 1.29 is 9.13 Å². The Morgan fingerprint density at radius 1 is 1.05 bits per heavy atom. The second-order valence-electron chi connectivity index (χ2n) is 4.58. The van der Waals surface area contributed by atoms with E-state index >= 15 is 0 Å². The number of fused-ring (bicyclic) bond motifs is 1. The first kappa shape index (κ1) is 12.4. The molecule has 0 unspecified atom stereocenters. The van der Waals surface area contributed by atoms with Gasteiger partial charge in [0.2, 0.25) is 0 Å². The topological polar surface area (TPSA) is 48.1 Å². The lowest BCUT2D eigenvalue weighted by Gasteiger charge is -2.11. The van der Waals surface area contributed by atoms with Crippen LogP contribution in [0, 0.1) is 12.7 Å². The van der Waals surface area contributed by atoms with E-state index in [0.717, 1.165) is 16.5 Å². The number of halogens is 1. The molecule has 0 atom stereocenters. The number of nitrogens with two attached hydrogens (primary N) is 1. The molecule has 0 spiro atoms. The number of hydrogen-bond donors (Lipinski definition) is 1. The molecule has 0 saturated heterocycles. The van der Waals surface area contributed by atoms with Crippen LogP contribution >= 0.6 is 0 Å². The summed E-state index contributed by atoms with van der Waals surface area (Å²) in [6, 6.07) is 11.4. The fourth-order valence-corrected chi connectivity index (χ4v) is 2.06. The van der Waals surface area contributed by atoms with Crippen LogP contribution in [0.1, 0.15) is 5.69 Å². The van der Waals surface area contributed by atoms with Crippen molar-refractivity contribution in [2.24, 2.45) is 0 Å². The molecule has 0 bridgehead atoms. The van der Waals surface area contributed by atoms with Gasteiger partial charge in [-0.1, -0.05) is 0 Å². The first-order valence-electron chi connectivity index (χ1n) is 6.22. The van der Waals surface area contributed by atoms with Crippen molar-refractivity contribution >= 4 is 16.5 Å². The summed E-state index contributed by atoms with van der Waals surface area (Å²) in [5, 5.41) is 1.73. The molecule has 20 heavy (non-hydrogen) atoms. The van der Waals surface area contributed by atoms with E-state index in [1.54, 1.807) is 30.5 Å². The molecular formula is C16H13FN2O. The van der Waals surface area contributed by atoms with Crippen LogP contribution in [0.25, 0.3) is 10.8 Å². The first-order valence-corrected chi connectivity index (χ1v) is 6.22. The molecule has 0 aliphatic carbocycles. The molecule has 0 fully saturated rings. The van der Waals surface area contributed by atoms with Gasteiger partial charge in [0.05, 0.1) is 0 Å². The van der Waals surface area contributed by atoms with Crippen molar-refractivity contribution in [3.63, 3.8) is 0 Å². The summed E-state index contributed by atoms with van der Waals surface area (Å²) in [6.45, 7) is 1.91. The summed E-state index contributed by atoms with van der Waals surface area (Å²) >= 11 is 0. The van der Waals surface area contributed by atoms with E-state index in [1.165, 1.54) is 12.1 Å². The smallest absolute Gasteiger partial charge is 0.135 e. The summed E-state index contributed by atoms with van der Waals surface area (Å²) in [5.41, 5.74) is 7.48. The SMILES string of the molecule is Cc1cc2c(Oc3ccc(F)cc3)ccc(N)c2cn1. The number of ether oxygens (including phenoxy) is 1. The molecule has 2 N–H and O–H groups in total. The fraction of sp³-hybridized carbons (Fsp3) is 0.0625. The maximum Gasteiger partial charge on any atom is 0.135 e. The largest absolute Gasteiger partial charge is 0.457 e. The Labute approximate surface area is 115 Å². The minimum atomic E-state index is -0.292. The van der Waals surface area contributed by atoms with Crippen LogP contribution in [-0.2, 0) is 0 Å². The zero-order valence-corrected chi connectivity index (χ0v) is 10.9. The van der Waals surface area contributed by atoms with Gasteiger partial charge in [0.25, 0.3) is 0 Å². The van der Waals surface area contributed by atoms with Crippen molar-refractivity contribution in [3.05, 3.63) is 60.2 Å². The van der Waals surface area contributed by atoms with Crippen LogP contribution in [0.5, 0.6) is 11.5 Å². The second-order valence-corrected chi connectivity index (χ2v) is 4.58. The molecule has 0 radical (unpaired) electrons. The number of rotatable bonds is 2. The molecule has 0 aliphatic rings. The Bertz CT molecular complexity index is 769. The van der Waals surface area contributed by atoms with E-state index in [1.807, 2.05) is 13.0 Å². The quantitative estimate of drug-likeness (QED) is 0.713. The lowest BCUT2D eigenvalue weighted by Crippen LogP contribution is -1.92. The van der Waals surface area contributed by atoms with Crippen LogP contribution in [0.2, 0.25) is 0 Å². The van der Waals surface area contributed by atoms with Crippen molar-refractivity contribution in [2.45, 2.75) is 6.92 Å². The molecule has 2 aromatic carbocycles. The number of benzene rings is 2. The number of nitrogens with zero attached hydrogens (tertiary/aromatic N) is 1. The number of aryl methyl sites for hydroxylation is 1. The Hall–Kier alpha value is -2.62. The van der Waals surface area contributed by atoms with Crippen LogP contribution in [0.15, 0.2) is 48.7 Å². The summed E-state index contributed by atoms with van der Waals surface area (Å²) in [6.07, 6.45) is 1.73. The lowest BCUT2D eigenvalue weighted by molar-refractivity contribution is 0.486. The summed E-state index contributed by atoms with van der Waals surface area (Å²) in [5.74, 6) is 0.956. The highest BCUT2D eigenvalue weighted by molar-refractivity contribution is 5.96. The standard InChI is InChI=1S/C16H13FN2O/c1-10-8-13-14(9-19-10)15(18)6-7-16(13)20-12-4-2-11(17)3-5-12/h2-9H,18H2,1H3. The van der Waals surface area contributed by atoms with Gasteiger partial charge < -0.3 is 10.5 Å².